The highest BCUT2D eigenvalue weighted by molar-refractivity contribution is 9.10. The molecule has 1 aliphatic carbocycles. The van der Waals surface area contributed by atoms with E-state index in [-0.39, 0.29) is 11.5 Å². The van der Waals surface area contributed by atoms with E-state index in [2.05, 4.69) is 26.3 Å². The summed E-state index contributed by atoms with van der Waals surface area (Å²) in [7, 11) is 0. The molecular formula is C16H16BrN3O2. The molecule has 1 atom stereocenters. The Morgan fingerprint density at radius 3 is 2.82 bits per heavy atom. The highest BCUT2D eigenvalue weighted by atomic mass is 79.9. The Bertz CT molecular complexity index is 768. The Kier molecular flexibility index (Phi) is 4.11. The fourth-order valence-corrected chi connectivity index (χ4v) is 2.64. The van der Waals surface area contributed by atoms with Crippen molar-refractivity contribution in [3.8, 4) is 0 Å². The Morgan fingerprint density at radius 1 is 1.36 bits per heavy atom. The highest BCUT2D eigenvalue weighted by Gasteiger charge is 2.27. The van der Waals surface area contributed by atoms with Gasteiger partial charge >= 0.3 is 0 Å². The maximum Gasteiger partial charge on any atom is 0.267 e. The van der Waals surface area contributed by atoms with Crippen LogP contribution in [0.4, 0.5) is 5.69 Å². The van der Waals surface area contributed by atoms with Crippen molar-refractivity contribution < 1.29 is 4.79 Å². The molecule has 1 heterocycles. The van der Waals surface area contributed by atoms with Crippen LogP contribution in [0.15, 0.2) is 45.7 Å². The van der Waals surface area contributed by atoms with E-state index in [1.54, 1.807) is 25.1 Å². The Hall–Kier alpha value is -1.95. The Balaban J connectivity index is 1.80. The molecule has 0 radical (unpaired) electrons. The largest absolute Gasteiger partial charge is 0.324 e. The second-order valence-electron chi connectivity index (χ2n) is 5.49. The Morgan fingerprint density at radius 2 is 2.14 bits per heavy atom. The normalized spacial score (nSPS) is 15.4. The fraction of sp³-hybridized carbons (Fsp3) is 0.312. The van der Waals surface area contributed by atoms with Crippen molar-refractivity contribution >= 4 is 27.5 Å². The average Bonchev–Trinajstić information content (AvgIpc) is 3.32. The molecule has 1 aromatic heterocycles. The van der Waals surface area contributed by atoms with Gasteiger partial charge in [-0.05, 0) is 44.0 Å². The van der Waals surface area contributed by atoms with Gasteiger partial charge in [0.15, 0.2) is 0 Å². The van der Waals surface area contributed by atoms with Crippen LogP contribution in [0.25, 0.3) is 0 Å². The molecule has 5 nitrogen and oxygen atoms in total. The minimum absolute atomic E-state index is 0.263. The fourth-order valence-electron chi connectivity index (χ4n) is 2.24. The molecule has 1 amide bonds. The van der Waals surface area contributed by atoms with Crippen LogP contribution in [0.2, 0.25) is 0 Å². The molecule has 6 heteroatoms. The van der Waals surface area contributed by atoms with E-state index in [4.69, 9.17) is 0 Å². The molecule has 22 heavy (non-hydrogen) atoms. The van der Waals surface area contributed by atoms with Gasteiger partial charge in [0.1, 0.15) is 6.04 Å². The molecule has 0 saturated heterocycles. The number of halogens is 1. The van der Waals surface area contributed by atoms with Gasteiger partial charge in [-0.15, -0.1) is 0 Å². The van der Waals surface area contributed by atoms with Crippen LogP contribution in [0.1, 0.15) is 37.4 Å². The van der Waals surface area contributed by atoms with Crippen LogP contribution in [-0.4, -0.2) is 15.7 Å². The molecule has 1 aromatic carbocycles. The summed E-state index contributed by atoms with van der Waals surface area (Å²) in [6, 6.07) is 9.91. The molecule has 1 aliphatic rings. The lowest BCUT2D eigenvalue weighted by atomic mass is 10.2. The van der Waals surface area contributed by atoms with Crippen LogP contribution < -0.4 is 10.9 Å². The molecule has 3 rings (SSSR count). The number of hydrogen-bond donors (Lipinski definition) is 1. The third-order valence-corrected chi connectivity index (χ3v) is 4.17. The first-order valence-electron chi connectivity index (χ1n) is 7.21. The van der Waals surface area contributed by atoms with E-state index >= 15 is 0 Å². The monoisotopic (exact) mass is 361 g/mol. The average molecular weight is 362 g/mol. The molecule has 1 unspecified atom stereocenters. The lowest BCUT2D eigenvalue weighted by molar-refractivity contribution is -0.119. The smallest absolute Gasteiger partial charge is 0.267 e. The second kappa shape index (κ2) is 6.04. The van der Waals surface area contributed by atoms with E-state index < -0.39 is 6.04 Å². The zero-order chi connectivity index (χ0) is 15.7. The molecule has 2 aromatic rings. The molecular weight excluding hydrogens is 346 g/mol. The summed E-state index contributed by atoms with van der Waals surface area (Å²) in [5.74, 6) is 0.174. The highest BCUT2D eigenvalue weighted by Crippen LogP contribution is 2.38. The van der Waals surface area contributed by atoms with Crippen molar-refractivity contribution in [1.82, 2.24) is 9.78 Å². The molecule has 0 bridgehead atoms. The second-order valence-corrected chi connectivity index (χ2v) is 6.41. The first kappa shape index (κ1) is 15.0. The predicted molar refractivity (Wildman–Crippen MR) is 88.0 cm³/mol. The van der Waals surface area contributed by atoms with Crippen molar-refractivity contribution in [3.63, 3.8) is 0 Å². The van der Waals surface area contributed by atoms with Crippen LogP contribution >= 0.6 is 15.9 Å². The van der Waals surface area contributed by atoms with E-state index in [0.29, 0.717) is 11.6 Å². The summed E-state index contributed by atoms with van der Waals surface area (Å²) in [4.78, 5) is 24.3. The lowest BCUT2D eigenvalue weighted by Gasteiger charge is -2.15. The summed E-state index contributed by atoms with van der Waals surface area (Å²) >= 11 is 3.36. The number of aromatic nitrogens is 2. The number of hydrogen-bond acceptors (Lipinski definition) is 3. The topological polar surface area (TPSA) is 64.0 Å². The third kappa shape index (κ3) is 3.27. The molecule has 1 fully saturated rings. The summed E-state index contributed by atoms with van der Waals surface area (Å²) < 4.78 is 2.14. The van der Waals surface area contributed by atoms with Crippen molar-refractivity contribution in [2.75, 3.05) is 5.32 Å². The van der Waals surface area contributed by atoms with E-state index in [9.17, 15) is 9.59 Å². The van der Waals surface area contributed by atoms with Crippen molar-refractivity contribution in [3.05, 3.63) is 56.9 Å². The minimum Gasteiger partial charge on any atom is -0.324 e. The van der Waals surface area contributed by atoms with E-state index in [0.717, 1.165) is 23.0 Å². The van der Waals surface area contributed by atoms with Gasteiger partial charge in [0, 0.05) is 22.1 Å². The van der Waals surface area contributed by atoms with E-state index in [1.165, 1.54) is 10.7 Å². The SMILES string of the molecule is CC(C(=O)Nc1cccc(Br)c1)n1nc(C2CC2)ccc1=O. The van der Waals surface area contributed by atoms with Crippen LogP contribution in [0, 0.1) is 0 Å². The molecule has 114 valence electrons. The summed E-state index contributed by atoms with van der Waals surface area (Å²) in [5.41, 5.74) is 1.31. The van der Waals surface area contributed by atoms with Gasteiger partial charge in [-0.1, -0.05) is 22.0 Å². The van der Waals surface area contributed by atoms with E-state index in [1.807, 2.05) is 12.1 Å². The number of carbonyl (C=O) groups excluding carboxylic acids is 1. The van der Waals surface area contributed by atoms with Crippen LogP contribution in [0.3, 0.4) is 0 Å². The predicted octanol–water partition coefficient (Wildman–Crippen LogP) is 3.08. The Labute approximate surface area is 136 Å². The number of benzene rings is 1. The summed E-state index contributed by atoms with van der Waals surface area (Å²) in [5, 5.41) is 7.15. The van der Waals surface area contributed by atoms with Crippen molar-refractivity contribution in [2.24, 2.45) is 0 Å². The number of nitrogens with one attached hydrogen (secondary N) is 1. The van der Waals surface area contributed by atoms with Gasteiger partial charge in [-0.25, -0.2) is 4.68 Å². The molecule has 1 saturated carbocycles. The number of carbonyl (C=O) groups is 1. The molecule has 1 N–H and O–H groups in total. The third-order valence-electron chi connectivity index (χ3n) is 3.68. The van der Waals surface area contributed by atoms with Crippen molar-refractivity contribution in [2.45, 2.75) is 31.7 Å². The van der Waals surface area contributed by atoms with Gasteiger partial charge in [0.25, 0.3) is 5.56 Å². The number of nitrogens with zero attached hydrogens (tertiary/aromatic N) is 2. The molecule has 0 aliphatic heterocycles. The first-order valence-corrected chi connectivity index (χ1v) is 8.00. The number of anilines is 1. The summed E-state index contributed by atoms with van der Waals surface area (Å²) in [6.45, 7) is 1.68. The first-order chi connectivity index (χ1) is 10.5. The van der Waals surface area contributed by atoms with Crippen molar-refractivity contribution in [1.29, 1.82) is 0 Å². The molecule has 0 spiro atoms. The van der Waals surface area contributed by atoms with Crippen LogP contribution in [-0.2, 0) is 4.79 Å². The number of amides is 1. The van der Waals surface area contributed by atoms with Gasteiger partial charge in [-0.2, -0.15) is 5.10 Å². The van der Waals surface area contributed by atoms with Crippen LogP contribution in [0.5, 0.6) is 0 Å². The standard InChI is InChI=1S/C16H16BrN3O2/c1-10(16(22)18-13-4-2-3-12(17)9-13)20-15(21)8-7-14(19-20)11-5-6-11/h2-4,7-11H,5-6H2,1H3,(H,18,22). The van der Waals surface area contributed by atoms with Gasteiger partial charge in [0.2, 0.25) is 5.91 Å². The number of rotatable bonds is 4. The lowest BCUT2D eigenvalue weighted by Crippen LogP contribution is -2.33. The van der Waals surface area contributed by atoms with Gasteiger partial charge < -0.3 is 5.32 Å². The maximum atomic E-state index is 12.3. The minimum atomic E-state index is -0.662. The van der Waals surface area contributed by atoms with Gasteiger partial charge in [0.05, 0.1) is 5.69 Å². The zero-order valence-corrected chi connectivity index (χ0v) is 13.7. The van der Waals surface area contributed by atoms with Gasteiger partial charge in [-0.3, -0.25) is 9.59 Å². The zero-order valence-electron chi connectivity index (χ0n) is 12.1. The summed E-state index contributed by atoms with van der Waals surface area (Å²) in [6.07, 6.45) is 2.20. The quantitative estimate of drug-likeness (QED) is 0.909. The maximum absolute atomic E-state index is 12.3.